The van der Waals surface area contributed by atoms with Crippen molar-refractivity contribution in [1.82, 2.24) is 0 Å². The molecule has 3 atom stereocenters. The van der Waals surface area contributed by atoms with E-state index >= 15 is 0 Å². The van der Waals surface area contributed by atoms with Crippen molar-refractivity contribution < 1.29 is 9.84 Å². The van der Waals surface area contributed by atoms with Crippen LogP contribution in [0.3, 0.4) is 0 Å². The predicted octanol–water partition coefficient (Wildman–Crippen LogP) is 0.457. The molecule has 2 fully saturated rings. The minimum atomic E-state index is 0.0775. The van der Waals surface area contributed by atoms with Gasteiger partial charge >= 0.3 is 0 Å². The molecule has 0 aromatic heterocycles. The molecule has 2 nitrogen and oxygen atoms in total. The Labute approximate surface area is 58.6 Å². The van der Waals surface area contributed by atoms with Crippen molar-refractivity contribution in [2.24, 2.45) is 5.92 Å². The van der Waals surface area contributed by atoms with Crippen LogP contribution in [0, 0.1) is 5.92 Å². The summed E-state index contributed by atoms with van der Waals surface area (Å²) in [6.45, 7) is 0.174. The topological polar surface area (TPSA) is 29.5 Å². The van der Waals surface area contributed by atoms with E-state index in [-0.39, 0.29) is 12.0 Å². The Morgan fingerprint density at radius 3 is 3.22 bits per heavy atom. The van der Waals surface area contributed by atoms with Crippen molar-refractivity contribution in [2.75, 3.05) is 12.4 Å². The third-order valence-corrected chi connectivity index (χ3v) is 3.08. The van der Waals surface area contributed by atoms with Gasteiger partial charge in [0.1, 0.15) is 5.44 Å². The van der Waals surface area contributed by atoms with E-state index in [9.17, 15) is 0 Å². The Kier molecular flexibility index (Phi) is 1.43. The number of aliphatic hydroxyl groups excluding tert-OH is 1. The van der Waals surface area contributed by atoms with E-state index in [1.807, 2.05) is 0 Å². The summed E-state index contributed by atoms with van der Waals surface area (Å²) in [4.78, 5) is 0. The quantitative estimate of drug-likeness (QED) is 0.582. The van der Waals surface area contributed by atoms with E-state index in [1.165, 1.54) is 12.2 Å². The number of rotatable bonds is 1. The second-order valence-corrected chi connectivity index (χ2v) is 3.81. The number of thioether (sulfide) groups is 1. The standard InChI is InChI=1S/C6H10O2S/c7-2-6-8-5-1-4(5)3-9-6/h4-7H,1-3H2/t4-,5-,6-/m1/s1. The molecule has 0 aromatic carbocycles. The predicted molar refractivity (Wildman–Crippen MR) is 36.3 cm³/mol. The molecule has 1 aliphatic heterocycles. The normalized spacial score (nSPS) is 48.3. The van der Waals surface area contributed by atoms with Gasteiger partial charge in [-0.2, -0.15) is 0 Å². The lowest BCUT2D eigenvalue weighted by Gasteiger charge is -2.18. The van der Waals surface area contributed by atoms with Crippen LogP contribution in [0.5, 0.6) is 0 Å². The van der Waals surface area contributed by atoms with Crippen LogP contribution in [0.25, 0.3) is 0 Å². The summed E-state index contributed by atoms with van der Waals surface area (Å²) in [5.74, 6) is 2.01. The smallest absolute Gasteiger partial charge is 0.126 e. The van der Waals surface area contributed by atoms with Gasteiger partial charge in [-0.25, -0.2) is 0 Å². The molecule has 0 bridgehead atoms. The van der Waals surface area contributed by atoms with Crippen molar-refractivity contribution >= 4 is 11.8 Å². The number of aliphatic hydroxyl groups is 1. The molecule has 0 aromatic rings. The van der Waals surface area contributed by atoms with E-state index in [4.69, 9.17) is 9.84 Å². The Morgan fingerprint density at radius 2 is 2.56 bits per heavy atom. The van der Waals surface area contributed by atoms with Crippen LogP contribution in [-0.4, -0.2) is 29.0 Å². The van der Waals surface area contributed by atoms with E-state index in [2.05, 4.69) is 0 Å². The molecule has 0 spiro atoms. The molecule has 0 unspecified atom stereocenters. The van der Waals surface area contributed by atoms with Crippen LogP contribution in [0.2, 0.25) is 0 Å². The van der Waals surface area contributed by atoms with Crippen LogP contribution in [-0.2, 0) is 4.74 Å². The van der Waals surface area contributed by atoms with Gasteiger partial charge in [-0.3, -0.25) is 0 Å². The van der Waals surface area contributed by atoms with E-state index in [1.54, 1.807) is 11.8 Å². The Bertz CT molecular complexity index is 118. The first-order chi connectivity index (χ1) is 4.40. The maximum absolute atomic E-state index is 8.68. The van der Waals surface area contributed by atoms with Crippen LogP contribution < -0.4 is 0 Å². The Hall–Kier alpha value is 0.270. The van der Waals surface area contributed by atoms with Crippen LogP contribution in [0.1, 0.15) is 6.42 Å². The molecule has 52 valence electrons. The van der Waals surface area contributed by atoms with E-state index in [0.717, 1.165) is 5.92 Å². The molecule has 1 saturated carbocycles. The van der Waals surface area contributed by atoms with Gasteiger partial charge in [0.25, 0.3) is 0 Å². The highest BCUT2D eigenvalue weighted by Crippen LogP contribution is 2.43. The zero-order chi connectivity index (χ0) is 6.27. The van der Waals surface area contributed by atoms with Gasteiger partial charge in [0.05, 0.1) is 12.7 Å². The van der Waals surface area contributed by atoms with Gasteiger partial charge in [-0.15, -0.1) is 11.8 Å². The van der Waals surface area contributed by atoms with Crippen molar-refractivity contribution in [3.05, 3.63) is 0 Å². The summed E-state index contributed by atoms with van der Waals surface area (Å²) >= 11 is 1.74. The Balaban J connectivity index is 1.86. The number of hydrogen-bond donors (Lipinski definition) is 1. The molecular formula is C6H10O2S. The molecule has 0 radical (unpaired) electrons. The molecule has 0 amide bonds. The van der Waals surface area contributed by atoms with Gasteiger partial charge in [0.2, 0.25) is 0 Å². The fraction of sp³-hybridized carbons (Fsp3) is 1.00. The van der Waals surface area contributed by atoms with Gasteiger partial charge in [0.15, 0.2) is 0 Å². The second-order valence-electron chi connectivity index (χ2n) is 2.62. The number of fused-ring (bicyclic) bond motifs is 1. The minimum Gasteiger partial charge on any atom is -0.393 e. The SMILES string of the molecule is OC[C@@H]1O[C@@H]2C[C@@H]2CS1. The average molecular weight is 146 g/mol. The minimum absolute atomic E-state index is 0.0775. The molecule has 2 rings (SSSR count). The fourth-order valence-electron chi connectivity index (χ4n) is 1.12. The first kappa shape index (κ1) is 6.01. The zero-order valence-electron chi connectivity index (χ0n) is 5.12. The lowest BCUT2D eigenvalue weighted by Crippen LogP contribution is -2.20. The molecular weight excluding hydrogens is 136 g/mol. The van der Waals surface area contributed by atoms with Crippen LogP contribution >= 0.6 is 11.8 Å². The maximum atomic E-state index is 8.68. The van der Waals surface area contributed by atoms with E-state index in [0.29, 0.717) is 6.10 Å². The lowest BCUT2D eigenvalue weighted by molar-refractivity contribution is 0.0463. The van der Waals surface area contributed by atoms with Crippen molar-refractivity contribution in [2.45, 2.75) is 18.0 Å². The number of hydrogen-bond acceptors (Lipinski definition) is 3. The third-order valence-electron chi connectivity index (χ3n) is 1.83. The van der Waals surface area contributed by atoms with Gasteiger partial charge in [0, 0.05) is 5.75 Å². The monoisotopic (exact) mass is 146 g/mol. The van der Waals surface area contributed by atoms with Gasteiger partial charge in [-0.1, -0.05) is 0 Å². The average Bonchev–Trinajstić information content (AvgIpc) is 2.64. The third kappa shape index (κ3) is 1.09. The Morgan fingerprint density at radius 1 is 1.67 bits per heavy atom. The van der Waals surface area contributed by atoms with Crippen molar-refractivity contribution in [3.63, 3.8) is 0 Å². The van der Waals surface area contributed by atoms with Gasteiger partial charge in [-0.05, 0) is 12.3 Å². The summed E-state index contributed by atoms with van der Waals surface area (Å²) < 4.78 is 5.42. The zero-order valence-corrected chi connectivity index (χ0v) is 5.93. The van der Waals surface area contributed by atoms with Crippen molar-refractivity contribution in [1.29, 1.82) is 0 Å². The molecule has 1 N–H and O–H groups in total. The second kappa shape index (κ2) is 2.15. The first-order valence-corrected chi connectivity index (χ1v) is 4.33. The van der Waals surface area contributed by atoms with Crippen LogP contribution in [0.15, 0.2) is 0 Å². The highest BCUT2D eigenvalue weighted by Gasteiger charge is 2.43. The van der Waals surface area contributed by atoms with E-state index < -0.39 is 0 Å². The molecule has 3 heteroatoms. The molecule has 2 aliphatic rings. The molecule has 1 saturated heterocycles. The first-order valence-electron chi connectivity index (χ1n) is 3.28. The maximum Gasteiger partial charge on any atom is 0.126 e. The molecule has 9 heavy (non-hydrogen) atoms. The highest BCUT2D eigenvalue weighted by atomic mass is 32.2. The van der Waals surface area contributed by atoms with Crippen molar-refractivity contribution in [3.8, 4) is 0 Å². The van der Waals surface area contributed by atoms with Gasteiger partial charge < -0.3 is 9.84 Å². The molecule has 1 heterocycles. The summed E-state index contributed by atoms with van der Waals surface area (Å²) in [7, 11) is 0. The molecule has 1 aliphatic carbocycles. The summed E-state index contributed by atoms with van der Waals surface area (Å²) in [5.41, 5.74) is 0.0775. The summed E-state index contributed by atoms with van der Waals surface area (Å²) in [5, 5.41) is 8.68. The summed E-state index contributed by atoms with van der Waals surface area (Å²) in [6.07, 6.45) is 1.73. The number of ether oxygens (including phenoxy) is 1. The highest BCUT2D eigenvalue weighted by molar-refractivity contribution is 7.99. The fourth-order valence-corrected chi connectivity index (χ4v) is 2.26. The largest absolute Gasteiger partial charge is 0.393 e. The lowest BCUT2D eigenvalue weighted by atomic mass is 10.5. The van der Waals surface area contributed by atoms with Crippen LogP contribution in [0.4, 0.5) is 0 Å². The summed E-state index contributed by atoms with van der Waals surface area (Å²) in [6, 6.07) is 0.